The van der Waals surface area contributed by atoms with Gasteiger partial charge in [-0.2, -0.15) is 23.3 Å². The Balaban J connectivity index is 1.85. The van der Waals surface area contributed by atoms with Crippen LogP contribution in [-0.4, -0.2) is 54.3 Å². The third-order valence-corrected chi connectivity index (χ3v) is 4.45. The van der Waals surface area contributed by atoms with Crippen LogP contribution in [0, 0.1) is 6.92 Å². The summed E-state index contributed by atoms with van der Waals surface area (Å²) in [6.07, 6.45) is -4.60. The van der Waals surface area contributed by atoms with Crippen molar-refractivity contribution >= 4 is 17.5 Å². The van der Waals surface area contributed by atoms with Crippen molar-refractivity contribution in [3.05, 3.63) is 47.5 Å². The summed E-state index contributed by atoms with van der Waals surface area (Å²) in [5, 5.41) is 30.0. The Kier molecular flexibility index (Phi) is 3.96. The van der Waals surface area contributed by atoms with Gasteiger partial charge in [0.15, 0.2) is 0 Å². The number of rotatable bonds is 1. The predicted molar refractivity (Wildman–Crippen MR) is 93.4 cm³/mol. The van der Waals surface area contributed by atoms with Crippen molar-refractivity contribution in [2.75, 3.05) is 0 Å². The molecule has 12 heteroatoms. The van der Waals surface area contributed by atoms with E-state index in [0.717, 1.165) is 5.56 Å². The van der Waals surface area contributed by atoms with Crippen LogP contribution in [-0.2, 0) is 6.42 Å². The van der Waals surface area contributed by atoms with Crippen LogP contribution in [0.3, 0.4) is 0 Å². The third kappa shape index (κ3) is 2.81. The molecule has 0 amide bonds. The van der Waals surface area contributed by atoms with Crippen molar-refractivity contribution < 1.29 is 18.3 Å². The predicted octanol–water partition coefficient (Wildman–Crippen LogP) is 0.980. The van der Waals surface area contributed by atoms with Gasteiger partial charge in [-0.05, 0) is 12.5 Å². The second kappa shape index (κ2) is 6.12. The van der Waals surface area contributed by atoms with Gasteiger partial charge in [0.2, 0.25) is 0 Å². The van der Waals surface area contributed by atoms with Gasteiger partial charge < -0.3 is 10.8 Å². The molecule has 3 heterocycles. The SMILES string of the molecule is Cc1ccc(C2=NN(C3=NN=C(N)Cc4nncn43)C(O)(C(F)(F)F)C2)cc1. The molecule has 0 aliphatic carbocycles. The quantitative estimate of drug-likeness (QED) is 0.750. The maximum absolute atomic E-state index is 13.9. The van der Waals surface area contributed by atoms with Crippen molar-refractivity contribution in [3.8, 4) is 0 Å². The van der Waals surface area contributed by atoms with Crippen LogP contribution in [0.25, 0.3) is 0 Å². The summed E-state index contributed by atoms with van der Waals surface area (Å²) in [6.45, 7) is 1.86. The first kappa shape index (κ1) is 18.1. The van der Waals surface area contributed by atoms with E-state index >= 15 is 0 Å². The normalized spacial score (nSPS) is 22.3. The van der Waals surface area contributed by atoms with Gasteiger partial charge in [-0.25, -0.2) is 0 Å². The molecule has 2 aliphatic heterocycles. The van der Waals surface area contributed by atoms with E-state index in [1.807, 2.05) is 6.92 Å². The summed E-state index contributed by atoms with van der Waals surface area (Å²) in [4.78, 5) is 0. The number of amidine groups is 1. The first-order chi connectivity index (χ1) is 13.2. The highest BCUT2D eigenvalue weighted by molar-refractivity contribution is 6.04. The van der Waals surface area contributed by atoms with E-state index < -0.39 is 24.3 Å². The van der Waals surface area contributed by atoms with Crippen LogP contribution in [0.2, 0.25) is 0 Å². The number of aliphatic hydroxyl groups is 1. The van der Waals surface area contributed by atoms with Crippen molar-refractivity contribution in [1.29, 1.82) is 0 Å². The van der Waals surface area contributed by atoms with Crippen LogP contribution < -0.4 is 5.73 Å². The molecule has 0 radical (unpaired) electrons. The highest BCUT2D eigenvalue weighted by Gasteiger charge is 2.63. The molecule has 3 N–H and O–H groups in total. The second-order valence-corrected chi connectivity index (χ2v) is 6.50. The molecular formula is C16H15F3N8O. The minimum atomic E-state index is -5.03. The average molecular weight is 392 g/mol. The molecule has 1 aromatic carbocycles. The summed E-state index contributed by atoms with van der Waals surface area (Å²) in [7, 11) is 0. The first-order valence-corrected chi connectivity index (χ1v) is 8.22. The molecule has 0 spiro atoms. The van der Waals surface area contributed by atoms with Crippen LogP contribution >= 0.6 is 0 Å². The lowest BCUT2D eigenvalue weighted by Gasteiger charge is -2.33. The fraction of sp³-hybridized carbons (Fsp3) is 0.312. The number of nitrogens with two attached hydrogens (primary N) is 1. The Morgan fingerprint density at radius 1 is 1.18 bits per heavy atom. The minimum Gasteiger partial charge on any atom is -0.385 e. The highest BCUT2D eigenvalue weighted by atomic mass is 19.4. The number of hydrazone groups is 1. The number of hydrogen-bond donors (Lipinski definition) is 2. The molecule has 0 saturated carbocycles. The molecule has 1 aromatic heterocycles. The zero-order valence-corrected chi connectivity index (χ0v) is 14.6. The highest BCUT2D eigenvalue weighted by Crippen LogP contribution is 2.41. The molecular weight excluding hydrogens is 377 g/mol. The summed E-state index contributed by atoms with van der Waals surface area (Å²) < 4.78 is 42.8. The number of aromatic nitrogens is 3. The van der Waals surface area contributed by atoms with Gasteiger partial charge in [-0.15, -0.1) is 20.4 Å². The van der Waals surface area contributed by atoms with Crippen molar-refractivity contribution in [2.24, 2.45) is 21.0 Å². The summed E-state index contributed by atoms with van der Waals surface area (Å²) in [5.41, 5.74) is 3.81. The van der Waals surface area contributed by atoms with Gasteiger partial charge in [0, 0.05) is 0 Å². The fourth-order valence-corrected chi connectivity index (χ4v) is 2.93. The molecule has 2 aromatic rings. The first-order valence-electron chi connectivity index (χ1n) is 8.22. The molecule has 2 aliphatic rings. The maximum Gasteiger partial charge on any atom is 0.438 e. The van der Waals surface area contributed by atoms with Crippen molar-refractivity contribution in [2.45, 2.75) is 31.7 Å². The Labute approximate surface area is 156 Å². The number of alkyl halides is 3. The molecule has 146 valence electrons. The van der Waals surface area contributed by atoms with E-state index in [4.69, 9.17) is 5.73 Å². The molecule has 0 saturated heterocycles. The molecule has 0 fully saturated rings. The maximum atomic E-state index is 13.9. The Hall–Kier alpha value is -3.28. The number of aryl methyl sites for hydroxylation is 1. The number of fused-ring (bicyclic) bond motifs is 1. The zero-order valence-electron chi connectivity index (χ0n) is 14.6. The lowest BCUT2D eigenvalue weighted by atomic mass is 10.0. The molecule has 28 heavy (non-hydrogen) atoms. The van der Waals surface area contributed by atoms with Crippen LogP contribution in [0.5, 0.6) is 0 Å². The molecule has 1 unspecified atom stereocenters. The largest absolute Gasteiger partial charge is 0.438 e. The van der Waals surface area contributed by atoms with E-state index in [1.165, 1.54) is 10.9 Å². The fourth-order valence-electron chi connectivity index (χ4n) is 2.93. The number of nitrogens with zero attached hydrogens (tertiary/aromatic N) is 7. The Bertz CT molecular complexity index is 1010. The lowest BCUT2D eigenvalue weighted by Crippen LogP contribution is -2.58. The molecule has 4 rings (SSSR count). The third-order valence-electron chi connectivity index (χ3n) is 4.45. The topological polar surface area (TPSA) is 117 Å². The van der Waals surface area contributed by atoms with Gasteiger partial charge in [0.05, 0.1) is 18.6 Å². The number of hydrogen-bond acceptors (Lipinski definition) is 8. The molecule has 0 bridgehead atoms. The van der Waals surface area contributed by atoms with Gasteiger partial charge in [-0.3, -0.25) is 4.57 Å². The number of halogens is 3. The molecule has 9 nitrogen and oxygen atoms in total. The smallest absolute Gasteiger partial charge is 0.385 e. The van der Waals surface area contributed by atoms with E-state index in [2.05, 4.69) is 25.5 Å². The molecule has 1 atom stereocenters. The van der Waals surface area contributed by atoms with Crippen molar-refractivity contribution in [1.82, 2.24) is 19.8 Å². The Morgan fingerprint density at radius 3 is 2.57 bits per heavy atom. The van der Waals surface area contributed by atoms with Gasteiger partial charge >= 0.3 is 6.18 Å². The van der Waals surface area contributed by atoms with Gasteiger partial charge in [0.1, 0.15) is 18.0 Å². The van der Waals surface area contributed by atoms with Crippen molar-refractivity contribution in [3.63, 3.8) is 0 Å². The van der Waals surface area contributed by atoms with Crippen LogP contribution in [0.15, 0.2) is 45.9 Å². The Morgan fingerprint density at radius 2 is 1.89 bits per heavy atom. The summed E-state index contributed by atoms with van der Waals surface area (Å²) >= 11 is 0. The standard InChI is InChI=1S/C16H15F3N8O/c1-9-2-4-10(5-3-9)11-7-15(28,16(17,18)19)27(25-11)14-24-22-12(20)6-13-23-21-8-26(13)14/h2-5,8,28H,6-7H2,1H3,(H2,20,22). The van der Waals surface area contributed by atoms with Gasteiger partial charge in [0.25, 0.3) is 11.7 Å². The van der Waals surface area contributed by atoms with E-state index in [1.54, 1.807) is 24.3 Å². The van der Waals surface area contributed by atoms with Crippen LogP contribution in [0.1, 0.15) is 23.4 Å². The average Bonchev–Trinajstić information content (AvgIpc) is 3.18. The summed E-state index contributed by atoms with van der Waals surface area (Å²) in [5.74, 6) is -0.134. The second-order valence-electron chi connectivity index (χ2n) is 6.50. The van der Waals surface area contributed by atoms with E-state index in [-0.39, 0.29) is 23.8 Å². The lowest BCUT2D eigenvalue weighted by molar-refractivity contribution is -0.295. The minimum absolute atomic E-state index is 0.0415. The number of benzene rings is 1. The zero-order chi connectivity index (χ0) is 20.1. The monoisotopic (exact) mass is 392 g/mol. The van der Waals surface area contributed by atoms with Crippen LogP contribution in [0.4, 0.5) is 13.2 Å². The summed E-state index contributed by atoms with van der Waals surface area (Å²) in [6, 6.07) is 6.78. The van der Waals surface area contributed by atoms with Gasteiger partial charge in [-0.1, -0.05) is 29.8 Å². The van der Waals surface area contributed by atoms with E-state index in [0.29, 0.717) is 10.6 Å². The van der Waals surface area contributed by atoms with E-state index in [9.17, 15) is 18.3 Å².